The molecule has 1 unspecified atom stereocenters. The summed E-state index contributed by atoms with van der Waals surface area (Å²) in [6, 6.07) is 7.70. The van der Waals surface area contributed by atoms with Crippen LogP contribution in [0.5, 0.6) is 5.75 Å². The molecule has 2 heterocycles. The molecule has 0 saturated carbocycles. The maximum Gasteiger partial charge on any atom is 0.242 e. The van der Waals surface area contributed by atoms with Crippen molar-refractivity contribution in [1.82, 2.24) is 9.80 Å². The van der Waals surface area contributed by atoms with Crippen molar-refractivity contribution < 1.29 is 18.7 Å². The number of ether oxygens (including phenoxy) is 1. The van der Waals surface area contributed by atoms with Crippen molar-refractivity contribution in [2.75, 3.05) is 26.2 Å². The highest BCUT2D eigenvalue weighted by Gasteiger charge is 2.33. The lowest BCUT2D eigenvalue weighted by Crippen LogP contribution is -2.48. The van der Waals surface area contributed by atoms with Crippen LogP contribution in [0, 0.1) is 11.7 Å². The topological polar surface area (TPSA) is 49.9 Å². The summed E-state index contributed by atoms with van der Waals surface area (Å²) in [6.45, 7) is 7.24. The summed E-state index contributed by atoms with van der Waals surface area (Å²) >= 11 is 1.69. The Bertz CT molecular complexity index is 866. The second-order valence-electron chi connectivity index (χ2n) is 7.83. The number of hydrogen-bond donors (Lipinski definition) is 0. The largest absolute Gasteiger partial charge is 0.491 e. The normalized spacial score (nSPS) is 15.8. The first-order valence-electron chi connectivity index (χ1n) is 10.4. The van der Waals surface area contributed by atoms with Crippen molar-refractivity contribution in [2.24, 2.45) is 5.92 Å². The van der Waals surface area contributed by atoms with Crippen LogP contribution < -0.4 is 4.74 Å². The number of thiophene rings is 1. The third kappa shape index (κ3) is 5.19. The Morgan fingerprint density at radius 2 is 2.00 bits per heavy atom. The number of amides is 2. The van der Waals surface area contributed by atoms with E-state index in [-0.39, 0.29) is 42.7 Å². The minimum Gasteiger partial charge on any atom is -0.491 e. The molecule has 2 aromatic rings. The monoisotopic (exact) mass is 432 g/mol. The summed E-state index contributed by atoms with van der Waals surface area (Å²) in [7, 11) is 0. The van der Waals surface area contributed by atoms with Crippen LogP contribution in [0.3, 0.4) is 0 Å². The van der Waals surface area contributed by atoms with Gasteiger partial charge in [0.2, 0.25) is 11.8 Å². The zero-order chi connectivity index (χ0) is 21.7. The van der Waals surface area contributed by atoms with Gasteiger partial charge in [-0.3, -0.25) is 9.59 Å². The molecule has 0 N–H and O–H groups in total. The lowest BCUT2D eigenvalue weighted by atomic mass is 10.00. The molecule has 30 heavy (non-hydrogen) atoms. The summed E-state index contributed by atoms with van der Waals surface area (Å²) in [5.41, 5.74) is 1.10. The molecule has 7 heteroatoms. The molecule has 162 valence electrons. The zero-order valence-electron chi connectivity index (χ0n) is 17.8. The van der Waals surface area contributed by atoms with Gasteiger partial charge in [0, 0.05) is 23.9 Å². The van der Waals surface area contributed by atoms with E-state index in [9.17, 15) is 14.0 Å². The fourth-order valence-corrected chi connectivity index (χ4v) is 4.67. The van der Waals surface area contributed by atoms with Crippen molar-refractivity contribution in [1.29, 1.82) is 0 Å². The van der Waals surface area contributed by atoms with Crippen molar-refractivity contribution in [3.8, 4) is 5.75 Å². The summed E-state index contributed by atoms with van der Waals surface area (Å²) < 4.78 is 19.1. The highest BCUT2D eigenvalue weighted by Crippen LogP contribution is 2.34. The molecule has 1 atom stereocenters. The number of rotatable bonds is 8. The van der Waals surface area contributed by atoms with Crippen LogP contribution in [0.1, 0.15) is 43.7 Å². The maximum absolute atomic E-state index is 13.2. The number of nitrogens with zero attached hydrogens (tertiary/aromatic N) is 2. The van der Waals surface area contributed by atoms with E-state index in [0.717, 1.165) is 18.4 Å². The van der Waals surface area contributed by atoms with E-state index >= 15 is 0 Å². The summed E-state index contributed by atoms with van der Waals surface area (Å²) in [6.07, 6.45) is 1.61. The molecule has 1 aromatic carbocycles. The fourth-order valence-electron chi connectivity index (χ4n) is 3.74. The second-order valence-corrected chi connectivity index (χ2v) is 8.83. The summed E-state index contributed by atoms with van der Waals surface area (Å²) in [5, 5.41) is 2.04. The van der Waals surface area contributed by atoms with E-state index < -0.39 is 0 Å². The van der Waals surface area contributed by atoms with Crippen LogP contribution in [0.4, 0.5) is 4.39 Å². The molecule has 0 fully saturated rings. The molecule has 1 aliphatic rings. The molecule has 3 rings (SSSR count). The molecule has 0 bridgehead atoms. The third-order valence-corrected chi connectivity index (χ3v) is 6.26. The van der Waals surface area contributed by atoms with Crippen LogP contribution in [0.25, 0.3) is 0 Å². The standard InChI is InChI=1S/C23H29FN2O3S/c1-4-11-25(23(28)16(2)3)14-22(27)26-12-9-21-19(10-13-30-21)20(26)15-29-18-7-5-17(24)6-8-18/h5-8,10,13,16,20H,4,9,11-12,14-15H2,1-3H3. The van der Waals surface area contributed by atoms with Crippen LogP contribution in [0.15, 0.2) is 35.7 Å². The number of benzene rings is 1. The van der Waals surface area contributed by atoms with Crippen LogP contribution in [-0.2, 0) is 16.0 Å². The Kier molecular flexibility index (Phi) is 7.48. The van der Waals surface area contributed by atoms with E-state index in [1.165, 1.54) is 17.0 Å². The average Bonchev–Trinajstić information content (AvgIpc) is 3.21. The summed E-state index contributed by atoms with van der Waals surface area (Å²) in [4.78, 5) is 30.5. The van der Waals surface area contributed by atoms with Gasteiger partial charge in [0.1, 0.15) is 18.2 Å². The Morgan fingerprint density at radius 3 is 2.67 bits per heavy atom. The van der Waals surface area contributed by atoms with Crippen LogP contribution in [-0.4, -0.2) is 47.9 Å². The van der Waals surface area contributed by atoms with Gasteiger partial charge in [-0.25, -0.2) is 4.39 Å². The van der Waals surface area contributed by atoms with Crippen molar-refractivity contribution in [3.63, 3.8) is 0 Å². The minimum atomic E-state index is -0.317. The van der Waals surface area contributed by atoms with Crippen molar-refractivity contribution in [3.05, 3.63) is 52.0 Å². The van der Waals surface area contributed by atoms with Crippen molar-refractivity contribution >= 4 is 23.2 Å². The Balaban J connectivity index is 1.76. The average molecular weight is 433 g/mol. The summed E-state index contributed by atoms with van der Waals surface area (Å²) in [5.74, 6) is 0.0304. The highest BCUT2D eigenvalue weighted by atomic mass is 32.1. The first-order chi connectivity index (χ1) is 14.4. The molecular weight excluding hydrogens is 403 g/mol. The number of halogens is 1. The third-order valence-electron chi connectivity index (χ3n) is 5.26. The molecule has 0 aliphatic carbocycles. The number of carbonyl (C=O) groups is 2. The number of carbonyl (C=O) groups excluding carboxylic acids is 2. The lowest BCUT2D eigenvalue weighted by Gasteiger charge is -2.37. The predicted molar refractivity (Wildman–Crippen MR) is 116 cm³/mol. The quantitative estimate of drug-likeness (QED) is 0.625. The first kappa shape index (κ1) is 22.3. The van der Waals surface area contributed by atoms with Gasteiger partial charge < -0.3 is 14.5 Å². The van der Waals surface area contributed by atoms with Gasteiger partial charge in [0.05, 0.1) is 12.6 Å². The van der Waals surface area contributed by atoms with E-state index in [1.54, 1.807) is 28.4 Å². The van der Waals surface area contributed by atoms with Crippen LogP contribution in [0.2, 0.25) is 0 Å². The van der Waals surface area contributed by atoms with E-state index in [4.69, 9.17) is 4.74 Å². The van der Waals surface area contributed by atoms with Gasteiger partial charge in [0.25, 0.3) is 0 Å². The number of hydrogen-bond acceptors (Lipinski definition) is 4. The predicted octanol–water partition coefficient (Wildman–Crippen LogP) is 4.29. The van der Waals surface area contributed by atoms with Gasteiger partial charge in [-0.05, 0) is 54.1 Å². The SMILES string of the molecule is CCCN(CC(=O)N1CCc2sccc2C1COc1ccc(F)cc1)C(=O)C(C)C. The van der Waals surface area contributed by atoms with E-state index in [1.807, 2.05) is 37.1 Å². The van der Waals surface area contributed by atoms with Crippen LogP contribution >= 0.6 is 11.3 Å². The Hall–Kier alpha value is -2.41. The molecule has 1 aliphatic heterocycles. The Morgan fingerprint density at radius 1 is 1.27 bits per heavy atom. The molecule has 1 aromatic heterocycles. The van der Waals surface area contributed by atoms with Crippen molar-refractivity contribution in [2.45, 2.75) is 39.7 Å². The molecule has 0 saturated heterocycles. The van der Waals surface area contributed by atoms with E-state index in [2.05, 4.69) is 0 Å². The lowest BCUT2D eigenvalue weighted by molar-refractivity contribution is -0.144. The molecule has 5 nitrogen and oxygen atoms in total. The zero-order valence-corrected chi connectivity index (χ0v) is 18.6. The molecule has 2 amide bonds. The smallest absolute Gasteiger partial charge is 0.242 e. The fraction of sp³-hybridized carbons (Fsp3) is 0.478. The van der Waals surface area contributed by atoms with Gasteiger partial charge in [-0.1, -0.05) is 20.8 Å². The van der Waals surface area contributed by atoms with Gasteiger partial charge in [-0.2, -0.15) is 0 Å². The first-order valence-corrected chi connectivity index (χ1v) is 11.3. The maximum atomic E-state index is 13.2. The molecular formula is C23H29FN2O3S. The minimum absolute atomic E-state index is 0.00227. The van der Waals surface area contributed by atoms with E-state index in [0.29, 0.717) is 18.8 Å². The highest BCUT2D eigenvalue weighted by molar-refractivity contribution is 7.10. The molecule has 0 radical (unpaired) electrons. The second kappa shape index (κ2) is 10.1. The molecule has 0 spiro atoms. The van der Waals surface area contributed by atoms with Gasteiger partial charge >= 0.3 is 0 Å². The Labute approximate surface area is 181 Å². The number of fused-ring (bicyclic) bond motifs is 1. The van der Waals surface area contributed by atoms with Gasteiger partial charge in [-0.15, -0.1) is 11.3 Å². The van der Waals surface area contributed by atoms with Gasteiger partial charge in [0.15, 0.2) is 0 Å².